The van der Waals surface area contributed by atoms with E-state index in [4.69, 9.17) is 9.72 Å². The molecule has 3 aromatic carbocycles. The maximum Gasteiger partial charge on any atom is 0.243 e. The SMILES string of the molecule is CCN(Cc1ccccc1)C(=O)CSc1nc2cc(S(=O)(=O)N(CC)CC)ccc2n1-c1ccccc1OC. The Morgan fingerprint density at radius 3 is 2.31 bits per heavy atom. The molecule has 0 aliphatic carbocycles. The molecule has 4 aromatic rings. The number of carbonyl (C=O) groups is 1. The van der Waals surface area contributed by atoms with Crippen LogP contribution in [0.2, 0.25) is 0 Å². The number of ether oxygens (including phenoxy) is 1. The number of imidazole rings is 1. The van der Waals surface area contributed by atoms with Crippen molar-refractivity contribution in [2.75, 3.05) is 32.5 Å². The lowest BCUT2D eigenvalue weighted by Crippen LogP contribution is -2.31. The molecule has 1 aromatic heterocycles. The Morgan fingerprint density at radius 2 is 1.64 bits per heavy atom. The summed E-state index contributed by atoms with van der Waals surface area (Å²) in [5.41, 5.74) is 3.08. The summed E-state index contributed by atoms with van der Waals surface area (Å²) >= 11 is 1.32. The number of rotatable bonds is 12. The van der Waals surface area contributed by atoms with Crippen molar-refractivity contribution >= 4 is 38.7 Å². The van der Waals surface area contributed by atoms with Crippen LogP contribution in [0.1, 0.15) is 26.3 Å². The van der Waals surface area contributed by atoms with Gasteiger partial charge < -0.3 is 9.64 Å². The van der Waals surface area contributed by atoms with Gasteiger partial charge in [-0.05, 0) is 42.8 Å². The molecule has 4 rings (SSSR count). The minimum absolute atomic E-state index is 0.00483. The van der Waals surface area contributed by atoms with Crippen molar-refractivity contribution in [3.8, 4) is 11.4 Å². The molecule has 8 nitrogen and oxygen atoms in total. The van der Waals surface area contributed by atoms with Crippen LogP contribution in [-0.2, 0) is 21.4 Å². The summed E-state index contributed by atoms with van der Waals surface area (Å²) in [6.45, 7) is 7.49. The number of hydrogen-bond acceptors (Lipinski definition) is 6. The van der Waals surface area contributed by atoms with Crippen LogP contribution in [0.4, 0.5) is 0 Å². The van der Waals surface area contributed by atoms with Gasteiger partial charge in [-0.15, -0.1) is 0 Å². The van der Waals surface area contributed by atoms with E-state index in [9.17, 15) is 13.2 Å². The molecule has 0 unspecified atom stereocenters. The molecule has 0 aliphatic heterocycles. The Labute approximate surface area is 234 Å². The first-order chi connectivity index (χ1) is 18.8. The van der Waals surface area contributed by atoms with Crippen molar-refractivity contribution in [2.45, 2.75) is 37.4 Å². The number of hydrogen-bond donors (Lipinski definition) is 0. The first-order valence-electron chi connectivity index (χ1n) is 12.9. The monoisotopic (exact) mass is 566 g/mol. The number of thioether (sulfide) groups is 1. The average Bonchev–Trinajstić information content (AvgIpc) is 3.33. The van der Waals surface area contributed by atoms with Gasteiger partial charge in [0.2, 0.25) is 15.9 Å². The zero-order valence-electron chi connectivity index (χ0n) is 22.7. The van der Waals surface area contributed by atoms with Gasteiger partial charge >= 0.3 is 0 Å². The fraction of sp³-hybridized carbons (Fsp3) is 0.310. The van der Waals surface area contributed by atoms with E-state index in [1.165, 1.54) is 16.1 Å². The molecule has 0 aliphatic rings. The predicted octanol–water partition coefficient (Wildman–Crippen LogP) is 5.21. The zero-order chi connectivity index (χ0) is 28.0. The van der Waals surface area contributed by atoms with Crippen LogP contribution in [0.25, 0.3) is 16.7 Å². The largest absolute Gasteiger partial charge is 0.495 e. The predicted molar refractivity (Wildman–Crippen MR) is 156 cm³/mol. The summed E-state index contributed by atoms with van der Waals surface area (Å²) in [4.78, 5) is 20.0. The lowest BCUT2D eigenvalue weighted by Gasteiger charge is -2.21. The van der Waals surface area contributed by atoms with E-state index in [0.29, 0.717) is 42.6 Å². The van der Waals surface area contributed by atoms with E-state index in [1.807, 2.05) is 84.8 Å². The van der Waals surface area contributed by atoms with Crippen LogP contribution in [0, 0.1) is 0 Å². The zero-order valence-corrected chi connectivity index (χ0v) is 24.3. The molecule has 0 saturated carbocycles. The maximum absolute atomic E-state index is 13.2. The van der Waals surface area contributed by atoms with E-state index >= 15 is 0 Å². The Balaban J connectivity index is 1.72. The van der Waals surface area contributed by atoms with E-state index in [1.54, 1.807) is 25.3 Å². The van der Waals surface area contributed by atoms with Crippen molar-refractivity contribution in [3.05, 3.63) is 78.4 Å². The van der Waals surface area contributed by atoms with Gasteiger partial charge in [0.05, 0.1) is 34.5 Å². The topological polar surface area (TPSA) is 84.7 Å². The maximum atomic E-state index is 13.2. The average molecular weight is 567 g/mol. The Hall–Kier alpha value is -3.34. The molecule has 0 N–H and O–H groups in total. The van der Waals surface area contributed by atoms with E-state index < -0.39 is 10.0 Å². The van der Waals surface area contributed by atoms with Crippen molar-refractivity contribution in [1.29, 1.82) is 0 Å². The van der Waals surface area contributed by atoms with Crippen LogP contribution in [0.15, 0.2) is 82.8 Å². The summed E-state index contributed by atoms with van der Waals surface area (Å²) < 4.78 is 35.3. The van der Waals surface area contributed by atoms with Crippen LogP contribution in [-0.4, -0.2) is 65.6 Å². The molecular weight excluding hydrogens is 532 g/mol. The van der Waals surface area contributed by atoms with E-state index in [-0.39, 0.29) is 16.6 Å². The van der Waals surface area contributed by atoms with Gasteiger partial charge in [0, 0.05) is 26.2 Å². The number of carbonyl (C=O) groups excluding carboxylic acids is 1. The van der Waals surface area contributed by atoms with Crippen molar-refractivity contribution in [1.82, 2.24) is 18.8 Å². The highest BCUT2D eigenvalue weighted by Gasteiger charge is 2.24. The molecule has 0 atom stereocenters. The Morgan fingerprint density at radius 1 is 0.949 bits per heavy atom. The second-order valence-electron chi connectivity index (χ2n) is 8.82. The van der Waals surface area contributed by atoms with Crippen molar-refractivity contribution in [3.63, 3.8) is 0 Å². The third kappa shape index (κ3) is 6.13. The highest BCUT2D eigenvalue weighted by atomic mass is 32.2. The Bertz CT molecular complexity index is 1530. The van der Waals surface area contributed by atoms with Crippen LogP contribution in [0.3, 0.4) is 0 Å². The highest BCUT2D eigenvalue weighted by molar-refractivity contribution is 7.99. The number of benzene rings is 3. The summed E-state index contributed by atoms with van der Waals surface area (Å²) in [5, 5.41) is 0.580. The van der Waals surface area contributed by atoms with Gasteiger partial charge in [-0.25, -0.2) is 13.4 Å². The second-order valence-corrected chi connectivity index (χ2v) is 11.7. The number of methoxy groups -OCH3 is 1. The molecule has 1 heterocycles. The molecule has 39 heavy (non-hydrogen) atoms. The molecule has 206 valence electrons. The summed E-state index contributed by atoms with van der Waals surface area (Å²) in [7, 11) is -2.05. The van der Waals surface area contributed by atoms with Gasteiger partial charge in [-0.3, -0.25) is 9.36 Å². The Kier molecular flexibility index (Phi) is 9.32. The van der Waals surface area contributed by atoms with Crippen LogP contribution in [0.5, 0.6) is 5.75 Å². The molecule has 0 fully saturated rings. The van der Waals surface area contributed by atoms with Gasteiger partial charge in [0.1, 0.15) is 5.75 Å². The minimum Gasteiger partial charge on any atom is -0.495 e. The number of para-hydroxylation sites is 2. The molecule has 0 bridgehead atoms. The number of aromatic nitrogens is 2. The molecule has 10 heteroatoms. The first-order valence-corrected chi connectivity index (χ1v) is 15.4. The summed E-state index contributed by atoms with van der Waals surface area (Å²) in [6, 6.07) is 22.5. The minimum atomic E-state index is -3.65. The lowest BCUT2D eigenvalue weighted by atomic mass is 10.2. The third-order valence-corrected chi connectivity index (χ3v) is 9.51. The van der Waals surface area contributed by atoms with Gasteiger partial charge in [0.25, 0.3) is 0 Å². The third-order valence-electron chi connectivity index (χ3n) is 6.54. The van der Waals surface area contributed by atoms with E-state index in [2.05, 4.69) is 0 Å². The van der Waals surface area contributed by atoms with Crippen molar-refractivity contribution < 1.29 is 17.9 Å². The van der Waals surface area contributed by atoms with Crippen molar-refractivity contribution in [2.24, 2.45) is 0 Å². The molecule has 1 amide bonds. The number of amides is 1. The first kappa shape index (κ1) is 28.7. The lowest BCUT2D eigenvalue weighted by molar-refractivity contribution is -0.128. The second kappa shape index (κ2) is 12.7. The number of fused-ring (bicyclic) bond motifs is 1. The fourth-order valence-corrected chi connectivity index (χ4v) is 6.86. The molecule has 0 radical (unpaired) electrons. The molecule has 0 spiro atoms. The van der Waals surface area contributed by atoms with Crippen LogP contribution < -0.4 is 4.74 Å². The van der Waals surface area contributed by atoms with E-state index in [0.717, 1.165) is 16.8 Å². The smallest absolute Gasteiger partial charge is 0.243 e. The standard InChI is InChI=1S/C29H34N4O4S2/c1-5-31(20-22-13-9-8-10-14-22)28(34)21-38-29-30-24-19-23(39(35,36)32(6-2)7-3)17-18-25(24)33(29)26-15-11-12-16-27(26)37-4/h8-19H,5-7,20-21H2,1-4H3. The van der Waals surface area contributed by atoms with Gasteiger partial charge in [-0.2, -0.15) is 4.31 Å². The highest BCUT2D eigenvalue weighted by Crippen LogP contribution is 2.34. The number of nitrogens with zero attached hydrogens (tertiary/aromatic N) is 4. The molecule has 0 saturated heterocycles. The van der Waals surface area contributed by atoms with Gasteiger partial charge in [0.15, 0.2) is 5.16 Å². The fourth-order valence-electron chi connectivity index (χ4n) is 4.45. The quantitative estimate of drug-likeness (QED) is 0.219. The molecular formula is C29H34N4O4S2. The summed E-state index contributed by atoms with van der Waals surface area (Å²) in [6.07, 6.45) is 0. The summed E-state index contributed by atoms with van der Waals surface area (Å²) in [5.74, 6) is 0.822. The number of sulfonamides is 1. The normalized spacial score (nSPS) is 11.7. The van der Waals surface area contributed by atoms with Crippen LogP contribution >= 0.6 is 11.8 Å². The van der Waals surface area contributed by atoms with Gasteiger partial charge in [-0.1, -0.05) is 68.1 Å².